The van der Waals surface area contributed by atoms with E-state index >= 15 is 0 Å². The van der Waals surface area contributed by atoms with Crippen molar-refractivity contribution in [2.24, 2.45) is 0 Å². The van der Waals surface area contributed by atoms with Gasteiger partial charge >= 0.3 is 0 Å². The first-order chi connectivity index (χ1) is 11.5. The summed E-state index contributed by atoms with van der Waals surface area (Å²) in [4.78, 5) is 26.9. The Kier molecular flexibility index (Phi) is 3.49. The lowest BCUT2D eigenvalue weighted by Gasteiger charge is -2.36. The lowest BCUT2D eigenvalue weighted by atomic mass is 9.98. The van der Waals surface area contributed by atoms with Gasteiger partial charge in [-0.3, -0.25) is 4.79 Å². The summed E-state index contributed by atoms with van der Waals surface area (Å²) < 4.78 is 0. The molecule has 4 rings (SSSR count). The monoisotopic (exact) mass is 329 g/mol. The van der Waals surface area contributed by atoms with Gasteiger partial charge in [0.05, 0.1) is 15.5 Å². The zero-order valence-corrected chi connectivity index (χ0v) is 13.4. The number of piperidine rings is 1. The number of benzene rings is 1. The molecule has 2 aromatic rings. The summed E-state index contributed by atoms with van der Waals surface area (Å²) in [7, 11) is 2.15. The Morgan fingerprint density at radius 2 is 1.96 bits per heavy atom. The molecule has 2 aliphatic heterocycles. The number of hydrogen-bond donors (Lipinski definition) is 1. The van der Waals surface area contributed by atoms with E-state index in [0.29, 0.717) is 27.8 Å². The van der Waals surface area contributed by atoms with Crippen LogP contribution in [-0.2, 0) is 0 Å². The van der Waals surface area contributed by atoms with Gasteiger partial charge in [0.25, 0.3) is 11.6 Å². The predicted octanol–water partition coefficient (Wildman–Crippen LogP) is 1.43. The molecule has 8 nitrogen and oxygen atoms in total. The number of aromatic nitrogens is 2. The van der Waals surface area contributed by atoms with Crippen LogP contribution >= 0.6 is 0 Å². The molecule has 2 unspecified atom stereocenters. The van der Waals surface area contributed by atoms with Crippen LogP contribution in [0.2, 0.25) is 0 Å². The number of nitro groups is 1. The van der Waals surface area contributed by atoms with Crippen LogP contribution in [0.25, 0.3) is 10.9 Å². The Balaban J connectivity index is 1.59. The van der Waals surface area contributed by atoms with E-state index in [9.17, 15) is 14.9 Å². The van der Waals surface area contributed by atoms with Crippen LogP contribution in [0.15, 0.2) is 24.3 Å². The first-order valence-electron chi connectivity index (χ1n) is 8.20. The standard InChI is InChI=1S/C16H19N5O3/c1-19-11-6-7-12(19)9-10(8-11)17-16(22)15-13-4-2-3-5-14(13)20(18-15)21(23)24/h2-5,10-12H,6-9H2,1H3,(H,17,22)/t10?,11-,12?/m0/s1. The fourth-order valence-corrected chi connectivity index (χ4v) is 4.13. The molecule has 24 heavy (non-hydrogen) atoms. The summed E-state index contributed by atoms with van der Waals surface area (Å²) in [6.45, 7) is 0. The Bertz CT molecular complexity index is 803. The molecule has 0 aliphatic carbocycles. The van der Waals surface area contributed by atoms with Crippen molar-refractivity contribution in [2.75, 3.05) is 7.05 Å². The largest absolute Gasteiger partial charge is 0.346 e. The molecular formula is C16H19N5O3. The van der Waals surface area contributed by atoms with E-state index in [1.165, 1.54) is 12.8 Å². The highest BCUT2D eigenvalue weighted by Crippen LogP contribution is 2.34. The van der Waals surface area contributed by atoms with Crippen LogP contribution in [0.3, 0.4) is 0 Å². The number of fused-ring (bicyclic) bond motifs is 3. The van der Waals surface area contributed by atoms with Gasteiger partial charge in [-0.1, -0.05) is 12.1 Å². The van der Waals surface area contributed by atoms with Crippen LogP contribution in [0.1, 0.15) is 36.2 Å². The quantitative estimate of drug-likeness (QED) is 0.679. The molecule has 0 spiro atoms. The molecule has 2 fully saturated rings. The number of rotatable bonds is 3. The van der Waals surface area contributed by atoms with E-state index in [4.69, 9.17) is 0 Å². The number of carbonyl (C=O) groups excluding carboxylic acids is 1. The van der Waals surface area contributed by atoms with Crippen molar-refractivity contribution in [3.63, 3.8) is 0 Å². The Morgan fingerprint density at radius 1 is 1.29 bits per heavy atom. The summed E-state index contributed by atoms with van der Waals surface area (Å²) in [5.74, 6) is -0.333. The highest BCUT2D eigenvalue weighted by atomic mass is 16.7. The van der Waals surface area contributed by atoms with Crippen LogP contribution in [0.5, 0.6) is 0 Å². The molecular weight excluding hydrogens is 310 g/mol. The third-order valence-electron chi connectivity index (χ3n) is 5.37. The minimum atomic E-state index is -0.616. The van der Waals surface area contributed by atoms with E-state index in [1.807, 2.05) is 0 Å². The molecule has 1 N–H and O–H groups in total. The first kappa shape index (κ1) is 15.1. The van der Waals surface area contributed by atoms with Gasteiger partial charge in [-0.05, 0) is 44.9 Å². The molecule has 8 heteroatoms. The van der Waals surface area contributed by atoms with E-state index < -0.39 is 5.03 Å². The molecule has 126 valence electrons. The zero-order valence-electron chi connectivity index (χ0n) is 13.4. The molecule has 2 aliphatic rings. The second kappa shape index (κ2) is 5.55. The molecule has 3 atom stereocenters. The van der Waals surface area contributed by atoms with Gasteiger partial charge in [0, 0.05) is 22.9 Å². The van der Waals surface area contributed by atoms with Gasteiger partial charge in [0.1, 0.15) is 5.52 Å². The average Bonchev–Trinajstić information content (AvgIpc) is 3.02. The molecule has 2 saturated heterocycles. The van der Waals surface area contributed by atoms with Crippen molar-refractivity contribution < 1.29 is 9.83 Å². The number of nitrogens with one attached hydrogen (secondary N) is 1. The van der Waals surface area contributed by atoms with Crippen LogP contribution in [-0.4, -0.2) is 50.9 Å². The topological polar surface area (TPSA) is 93.3 Å². The van der Waals surface area contributed by atoms with Crippen molar-refractivity contribution in [1.82, 2.24) is 20.1 Å². The van der Waals surface area contributed by atoms with Crippen LogP contribution < -0.4 is 5.32 Å². The van der Waals surface area contributed by atoms with Gasteiger partial charge in [-0.2, -0.15) is 0 Å². The Hall–Kier alpha value is -2.48. The van der Waals surface area contributed by atoms with Gasteiger partial charge in [-0.15, -0.1) is 0 Å². The fourth-order valence-electron chi connectivity index (χ4n) is 4.13. The number of nitrogens with zero attached hydrogens (tertiary/aromatic N) is 4. The molecule has 2 bridgehead atoms. The van der Waals surface area contributed by atoms with Crippen molar-refractivity contribution in [3.8, 4) is 0 Å². The Labute approximate surface area is 138 Å². The van der Waals surface area contributed by atoms with E-state index in [0.717, 1.165) is 12.8 Å². The SMILES string of the molecule is CN1C2CC[C@H]1CC(NC(=O)c1nn([N+](=O)[O-])c3ccccc13)C2. The number of hydrogen-bond acceptors (Lipinski definition) is 5. The number of carbonyl (C=O) groups is 1. The van der Waals surface area contributed by atoms with Crippen molar-refractivity contribution >= 4 is 16.8 Å². The minimum Gasteiger partial charge on any atom is -0.346 e. The summed E-state index contributed by atoms with van der Waals surface area (Å²) in [5, 5.41) is 18.0. The molecule has 1 aromatic carbocycles. The van der Waals surface area contributed by atoms with Gasteiger partial charge in [0.15, 0.2) is 0 Å². The van der Waals surface area contributed by atoms with Gasteiger partial charge < -0.3 is 20.3 Å². The maximum absolute atomic E-state index is 12.7. The highest BCUT2D eigenvalue weighted by molar-refractivity contribution is 6.04. The van der Waals surface area contributed by atoms with Crippen LogP contribution in [0, 0.1) is 10.1 Å². The lowest BCUT2D eigenvalue weighted by Crippen LogP contribution is -2.48. The minimum absolute atomic E-state index is 0.103. The summed E-state index contributed by atoms with van der Waals surface area (Å²) in [6.07, 6.45) is 4.19. The fraction of sp³-hybridized carbons (Fsp3) is 0.500. The van der Waals surface area contributed by atoms with Crippen molar-refractivity contribution in [2.45, 2.75) is 43.8 Å². The maximum Gasteiger partial charge on any atom is 0.299 e. The second-order valence-corrected chi connectivity index (χ2v) is 6.69. The highest BCUT2D eigenvalue weighted by Gasteiger charge is 2.39. The maximum atomic E-state index is 12.7. The average molecular weight is 329 g/mol. The lowest BCUT2D eigenvalue weighted by molar-refractivity contribution is -0.548. The molecule has 1 amide bonds. The van der Waals surface area contributed by atoms with Crippen molar-refractivity contribution in [3.05, 3.63) is 40.1 Å². The van der Waals surface area contributed by atoms with E-state index in [1.54, 1.807) is 24.3 Å². The van der Waals surface area contributed by atoms with Gasteiger partial charge in [0.2, 0.25) is 0 Å². The summed E-state index contributed by atoms with van der Waals surface area (Å²) in [6, 6.07) is 7.86. The molecule has 1 aromatic heterocycles. The molecule has 0 radical (unpaired) electrons. The van der Waals surface area contributed by atoms with E-state index in [-0.39, 0.29) is 17.6 Å². The Morgan fingerprint density at radius 3 is 2.62 bits per heavy atom. The normalized spacial score (nSPS) is 26.6. The van der Waals surface area contributed by atoms with Crippen LogP contribution in [0.4, 0.5) is 0 Å². The van der Waals surface area contributed by atoms with Crippen molar-refractivity contribution in [1.29, 1.82) is 0 Å². The van der Waals surface area contributed by atoms with Gasteiger partial charge in [-0.25, -0.2) is 0 Å². The number of amides is 1. The first-order valence-corrected chi connectivity index (χ1v) is 8.20. The predicted molar refractivity (Wildman–Crippen MR) is 87.2 cm³/mol. The third kappa shape index (κ3) is 2.34. The zero-order chi connectivity index (χ0) is 16.8. The second-order valence-electron chi connectivity index (χ2n) is 6.69. The molecule has 3 heterocycles. The number of para-hydroxylation sites is 1. The summed E-state index contributed by atoms with van der Waals surface area (Å²) >= 11 is 0. The van der Waals surface area contributed by atoms with E-state index in [2.05, 4.69) is 22.4 Å². The smallest absolute Gasteiger partial charge is 0.299 e. The third-order valence-corrected chi connectivity index (χ3v) is 5.37. The summed E-state index contributed by atoms with van der Waals surface area (Å²) in [5.41, 5.74) is 0.449. The molecule has 0 saturated carbocycles.